The second kappa shape index (κ2) is 6.14. The highest BCUT2D eigenvalue weighted by molar-refractivity contribution is 7.80. The van der Waals surface area contributed by atoms with Crippen LogP contribution in [0, 0.1) is 5.92 Å². The van der Waals surface area contributed by atoms with Gasteiger partial charge in [-0.05, 0) is 45.7 Å². The number of likely N-dealkylation sites (N-methyl/N-ethyl adjacent to an activating group) is 1. The molecule has 0 aliphatic carbocycles. The van der Waals surface area contributed by atoms with Crippen molar-refractivity contribution in [2.75, 3.05) is 13.6 Å². The molecule has 1 heterocycles. The van der Waals surface area contributed by atoms with Crippen LogP contribution < -0.4 is 5.32 Å². The van der Waals surface area contributed by atoms with Crippen molar-refractivity contribution >= 4 is 17.2 Å². The van der Waals surface area contributed by atoms with Crippen LogP contribution in [-0.2, 0) is 0 Å². The minimum absolute atomic E-state index is 0.0946. The summed E-state index contributed by atoms with van der Waals surface area (Å²) < 4.78 is 0. The van der Waals surface area contributed by atoms with E-state index in [1.807, 2.05) is 0 Å². The Morgan fingerprint density at radius 1 is 1.41 bits per heavy atom. The maximum atomic E-state index is 5.72. The zero-order valence-corrected chi connectivity index (χ0v) is 12.9. The van der Waals surface area contributed by atoms with Gasteiger partial charge in [-0.3, -0.25) is 4.90 Å². The zero-order valence-electron chi connectivity index (χ0n) is 12.0. The fourth-order valence-electron chi connectivity index (χ4n) is 3.11. The van der Waals surface area contributed by atoms with Gasteiger partial charge >= 0.3 is 0 Å². The first-order valence-electron chi connectivity index (χ1n) is 6.97. The molecule has 0 aromatic heterocycles. The number of likely N-dealkylation sites (tertiary alicyclic amines) is 1. The van der Waals surface area contributed by atoms with Crippen LogP contribution in [0.25, 0.3) is 0 Å². The monoisotopic (exact) mass is 256 g/mol. The Bertz CT molecular complexity index is 265. The topological polar surface area (TPSA) is 15.3 Å². The van der Waals surface area contributed by atoms with Crippen molar-refractivity contribution in [3.05, 3.63) is 0 Å². The van der Waals surface area contributed by atoms with Crippen LogP contribution in [0.15, 0.2) is 0 Å². The fourth-order valence-corrected chi connectivity index (χ4v) is 3.80. The summed E-state index contributed by atoms with van der Waals surface area (Å²) in [5, 5.41) is 3.57. The van der Waals surface area contributed by atoms with Crippen molar-refractivity contribution in [2.45, 2.75) is 65.0 Å². The Morgan fingerprint density at radius 2 is 2.06 bits per heavy atom. The molecule has 3 heteroatoms. The molecule has 1 aliphatic heterocycles. The SMILES string of the molecule is CCCC(C)NC(=S)C1(C(C)C)CCCN1C. The Morgan fingerprint density at radius 3 is 2.47 bits per heavy atom. The summed E-state index contributed by atoms with van der Waals surface area (Å²) in [5.74, 6) is 0.573. The van der Waals surface area contributed by atoms with Gasteiger partial charge in [0.1, 0.15) is 0 Å². The van der Waals surface area contributed by atoms with E-state index in [2.05, 4.69) is 45.0 Å². The Kier molecular flexibility index (Phi) is 5.39. The van der Waals surface area contributed by atoms with E-state index in [1.165, 1.54) is 32.2 Å². The molecule has 0 bridgehead atoms. The zero-order chi connectivity index (χ0) is 13.1. The molecule has 1 fully saturated rings. The Labute approximate surface area is 112 Å². The molecule has 1 aliphatic rings. The van der Waals surface area contributed by atoms with Gasteiger partial charge in [-0.15, -0.1) is 0 Å². The molecule has 0 spiro atoms. The fraction of sp³-hybridized carbons (Fsp3) is 0.929. The van der Waals surface area contributed by atoms with Crippen LogP contribution in [0.3, 0.4) is 0 Å². The quantitative estimate of drug-likeness (QED) is 0.760. The molecular weight excluding hydrogens is 228 g/mol. The predicted molar refractivity (Wildman–Crippen MR) is 79.5 cm³/mol. The predicted octanol–water partition coefficient (Wildman–Crippen LogP) is 3.21. The lowest BCUT2D eigenvalue weighted by atomic mass is 9.83. The summed E-state index contributed by atoms with van der Waals surface area (Å²) in [6, 6.07) is 0.497. The third-order valence-corrected chi connectivity index (χ3v) is 4.65. The molecule has 0 amide bonds. The highest BCUT2D eigenvalue weighted by atomic mass is 32.1. The van der Waals surface area contributed by atoms with E-state index in [-0.39, 0.29) is 5.54 Å². The molecule has 0 aromatic rings. The van der Waals surface area contributed by atoms with E-state index in [4.69, 9.17) is 12.2 Å². The molecule has 1 saturated heterocycles. The third kappa shape index (κ3) is 3.00. The van der Waals surface area contributed by atoms with Gasteiger partial charge < -0.3 is 5.32 Å². The van der Waals surface area contributed by atoms with Gasteiger partial charge in [-0.25, -0.2) is 0 Å². The summed E-state index contributed by atoms with van der Waals surface area (Å²) in [6.45, 7) is 10.2. The lowest BCUT2D eigenvalue weighted by Gasteiger charge is -2.41. The van der Waals surface area contributed by atoms with Gasteiger partial charge in [0.15, 0.2) is 0 Å². The number of thiocarbonyl (C=S) groups is 1. The largest absolute Gasteiger partial charge is 0.376 e. The van der Waals surface area contributed by atoms with Crippen molar-refractivity contribution in [1.82, 2.24) is 10.2 Å². The van der Waals surface area contributed by atoms with E-state index in [9.17, 15) is 0 Å². The number of nitrogens with one attached hydrogen (secondary N) is 1. The maximum Gasteiger partial charge on any atom is 0.0964 e. The van der Waals surface area contributed by atoms with Crippen molar-refractivity contribution in [3.63, 3.8) is 0 Å². The Balaban J connectivity index is 2.75. The normalized spacial score (nSPS) is 27.4. The van der Waals surface area contributed by atoms with E-state index in [0.29, 0.717) is 12.0 Å². The average molecular weight is 256 g/mol. The van der Waals surface area contributed by atoms with Crippen LogP contribution in [-0.4, -0.2) is 35.1 Å². The van der Waals surface area contributed by atoms with Crippen molar-refractivity contribution < 1.29 is 0 Å². The van der Waals surface area contributed by atoms with E-state index < -0.39 is 0 Å². The molecule has 100 valence electrons. The number of hydrogen-bond acceptors (Lipinski definition) is 2. The van der Waals surface area contributed by atoms with Crippen molar-refractivity contribution in [1.29, 1.82) is 0 Å². The number of nitrogens with zero attached hydrogens (tertiary/aromatic N) is 1. The minimum atomic E-state index is 0.0946. The summed E-state index contributed by atoms with van der Waals surface area (Å²) >= 11 is 5.72. The second-order valence-corrected chi connectivity index (χ2v) is 6.18. The van der Waals surface area contributed by atoms with Gasteiger partial charge in [-0.2, -0.15) is 0 Å². The van der Waals surface area contributed by atoms with Crippen molar-refractivity contribution in [3.8, 4) is 0 Å². The van der Waals surface area contributed by atoms with Crippen LogP contribution in [0.1, 0.15) is 53.4 Å². The lowest BCUT2D eigenvalue weighted by molar-refractivity contribution is 0.186. The number of hydrogen-bond donors (Lipinski definition) is 1. The summed E-state index contributed by atoms with van der Waals surface area (Å²) in [5.41, 5.74) is 0.0946. The first kappa shape index (κ1) is 14.9. The van der Waals surface area contributed by atoms with Crippen LogP contribution in [0.2, 0.25) is 0 Å². The average Bonchev–Trinajstić information content (AvgIpc) is 2.61. The van der Waals surface area contributed by atoms with Crippen molar-refractivity contribution in [2.24, 2.45) is 5.92 Å². The highest BCUT2D eigenvalue weighted by Crippen LogP contribution is 2.35. The lowest BCUT2D eigenvalue weighted by Crippen LogP contribution is -2.58. The molecule has 2 unspecified atom stereocenters. The van der Waals surface area contributed by atoms with Gasteiger partial charge in [-0.1, -0.05) is 39.4 Å². The van der Waals surface area contributed by atoms with Gasteiger partial charge in [0, 0.05) is 6.04 Å². The Hall–Kier alpha value is -0.150. The standard InChI is InChI=1S/C14H28N2S/c1-6-8-12(4)15-13(17)14(11(2)3)9-7-10-16(14)5/h11-12H,6-10H2,1-5H3,(H,15,17). The van der Waals surface area contributed by atoms with Gasteiger partial charge in [0.05, 0.1) is 10.5 Å². The highest BCUT2D eigenvalue weighted by Gasteiger charge is 2.45. The molecule has 17 heavy (non-hydrogen) atoms. The molecule has 1 N–H and O–H groups in total. The maximum absolute atomic E-state index is 5.72. The first-order chi connectivity index (χ1) is 7.95. The summed E-state index contributed by atoms with van der Waals surface area (Å²) in [7, 11) is 2.21. The van der Waals surface area contributed by atoms with Crippen LogP contribution in [0.4, 0.5) is 0 Å². The van der Waals surface area contributed by atoms with Crippen LogP contribution in [0.5, 0.6) is 0 Å². The van der Waals surface area contributed by atoms with Gasteiger partial charge in [0.2, 0.25) is 0 Å². The van der Waals surface area contributed by atoms with E-state index in [0.717, 1.165) is 4.99 Å². The second-order valence-electron chi connectivity index (χ2n) is 5.77. The molecule has 0 aromatic carbocycles. The van der Waals surface area contributed by atoms with E-state index >= 15 is 0 Å². The summed E-state index contributed by atoms with van der Waals surface area (Å²) in [4.78, 5) is 3.51. The van der Waals surface area contributed by atoms with E-state index in [1.54, 1.807) is 0 Å². The summed E-state index contributed by atoms with van der Waals surface area (Å²) in [6.07, 6.45) is 4.86. The minimum Gasteiger partial charge on any atom is -0.376 e. The van der Waals surface area contributed by atoms with Crippen LogP contribution >= 0.6 is 12.2 Å². The molecule has 0 radical (unpaired) electrons. The molecule has 1 rings (SSSR count). The molecule has 0 saturated carbocycles. The van der Waals surface area contributed by atoms with Gasteiger partial charge in [0.25, 0.3) is 0 Å². The molecule has 2 atom stereocenters. The first-order valence-corrected chi connectivity index (χ1v) is 7.38. The molecule has 2 nitrogen and oxygen atoms in total. The third-order valence-electron chi connectivity index (χ3n) is 4.18. The smallest absolute Gasteiger partial charge is 0.0964 e. The number of rotatable bonds is 5. The molecular formula is C14H28N2S.